The van der Waals surface area contributed by atoms with Crippen LogP contribution in [-0.4, -0.2) is 63.7 Å². The van der Waals surface area contributed by atoms with E-state index in [0.29, 0.717) is 56.5 Å². The zero-order chi connectivity index (χ0) is 24.0. The van der Waals surface area contributed by atoms with E-state index in [2.05, 4.69) is 15.6 Å². The molecule has 0 radical (unpaired) electrons. The van der Waals surface area contributed by atoms with Crippen LogP contribution in [0.1, 0.15) is 5.69 Å². The predicted molar refractivity (Wildman–Crippen MR) is 125 cm³/mol. The van der Waals surface area contributed by atoms with E-state index < -0.39 is 16.1 Å². The first kappa shape index (κ1) is 23.7. The molecule has 2 amide bonds. The van der Waals surface area contributed by atoms with Gasteiger partial charge in [-0.1, -0.05) is 6.07 Å². The fourth-order valence-corrected chi connectivity index (χ4v) is 4.89. The summed E-state index contributed by atoms with van der Waals surface area (Å²) in [4.78, 5) is 16.9. The minimum Gasteiger partial charge on any atom is -0.497 e. The Morgan fingerprint density at radius 2 is 1.91 bits per heavy atom. The summed E-state index contributed by atoms with van der Waals surface area (Å²) in [7, 11) is -2.04. The second-order valence-corrected chi connectivity index (χ2v) is 9.49. The second kappa shape index (κ2) is 10.7. The smallest absolute Gasteiger partial charge is 0.319 e. The third-order valence-electron chi connectivity index (χ3n) is 5.26. The summed E-state index contributed by atoms with van der Waals surface area (Å²) in [5.41, 5.74) is 1.91. The number of urea groups is 1. The Hall–Kier alpha value is -3.41. The van der Waals surface area contributed by atoms with Crippen molar-refractivity contribution >= 4 is 21.7 Å². The molecule has 0 aliphatic carbocycles. The molecule has 0 bridgehead atoms. The van der Waals surface area contributed by atoms with Gasteiger partial charge in [-0.25, -0.2) is 18.2 Å². The number of benzene rings is 2. The molecule has 1 fully saturated rings. The minimum atomic E-state index is -3.64. The van der Waals surface area contributed by atoms with Gasteiger partial charge in [-0.3, -0.25) is 0 Å². The molecule has 2 N–H and O–H groups in total. The molecule has 0 spiro atoms. The molecule has 1 aromatic heterocycles. The normalized spacial score (nSPS) is 14.5. The lowest BCUT2D eigenvalue weighted by molar-refractivity contribution is 0.0730. The molecule has 2 aromatic carbocycles. The van der Waals surface area contributed by atoms with Crippen molar-refractivity contribution in [2.75, 3.05) is 45.3 Å². The van der Waals surface area contributed by atoms with Crippen LogP contribution in [0.5, 0.6) is 5.75 Å². The van der Waals surface area contributed by atoms with Crippen LogP contribution in [0.4, 0.5) is 10.5 Å². The summed E-state index contributed by atoms with van der Waals surface area (Å²) in [6.45, 7) is 1.68. The molecule has 4 rings (SSSR count). The van der Waals surface area contributed by atoms with Crippen molar-refractivity contribution in [2.45, 2.75) is 11.3 Å². The van der Waals surface area contributed by atoms with Crippen molar-refractivity contribution in [3.05, 3.63) is 60.5 Å². The van der Waals surface area contributed by atoms with Gasteiger partial charge in [0.2, 0.25) is 15.9 Å². The molecule has 0 saturated carbocycles. The number of aromatic nitrogens is 1. The lowest BCUT2D eigenvalue weighted by Crippen LogP contribution is -2.40. The van der Waals surface area contributed by atoms with Crippen LogP contribution >= 0.6 is 0 Å². The summed E-state index contributed by atoms with van der Waals surface area (Å²) >= 11 is 0. The standard InChI is InChI=1S/C23H26N4O6S/c1-31-20-7-5-17(6-8-20)22-25-19(16-33-22)9-10-24-23(28)26-18-3-2-4-21(15-18)34(29,30)27-11-13-32-14-12-27/h2-8,15-16H,9-14H2,1H3,(H2,24,26,28). The van der Waals surface area contributed by atoms with Crippen molar-refractivity contribution in [3.63, 3.8) is 0 Å². The number of nitrogens with zero attached hydrogens (tertiary/aromatic N) is 2. The van der Waals surface area contributed by atoms with Gasteiger partial charge in [-0.05, 0) is 42.5 Å². The third-order valence-corrected chi connectivity index (χ3v) is 7.15. The number of ether oxygens (including phenoxy) is 2. The minimum absolute atomic E-state index is 0.126. The Bertz CT molecular complexity index is 1220. The average molecular weight is 487 g/mol. The van der Waals surface area contributed by atoms with Crippen molar-refractivity contribution in [1.82, 2.24) is 14.6 Å². The highest BCUT2D eigenvalue weighted by atomic mass is 32.2. The highest BCUT2D eigenvalue weighted by Crippen LogP contribution is 2.22. The predicted octanol–water partition coefficient (Wildman–Crippen LogP) is 2.74. The van der Waals surface area contributed by atoms with Gasteiger partial charge in [0, 0.05) is 37.3 Å². The number of amides is 2. The van der Waals surface area contributed by atoms with Gasteiger partial charge in [0.1, 0.15) is 12.0 Å². The molecule has 0 unspecified atom stereocenters. The van der Waals surface area contributed by atoms with E-state index in [9.17, 15) is 13.2 Å². The average Bonchev–Trinajstić information content (AvgIpc) is 3.34. The Balaban J connectivity index is 1.29. The molecule has 180 valence electrons. The first-order valence-electron chi connectivity index (χ1n) is 10.8. The van der Waals surface area contributed by atoms with Crippen LogP contribution in [0, 0.1) is 0 Å². The van der Waals surface area contributed by atoms with Crippen LogP contribution in [0.3, 0.4) is 0 Å². The van der Waals surface area contributed by atoms with Crippen molar-refractivity contribution in [2.24, 2.45) is 0 Å². The SMILES string of the molecule is COc1ccc(-c2nc(CCNC(=O)Nc3cccc(S(=O)(=O)N4CCOCC4)c3)co2)cc1. The second-order valence-electron chi connectivity index (χ2n) is 7.55. The lowest BCUT2D eigenvalue weighted by Gasteiger charge is -2.26. The van der Waals surface area contributed by atoms with Crippen molar-refractivity contribution < 1.29 is 27.1 Å². The van der Waals surface area contributed by atoms with Gasteiger partial charge in [0.25, 0.3) is 0 Å². The number of hydrogen-bond acceptors (Lipinski definition) is 7. The molecule has 2 heterocycles. The van der Waals surface area contributed by atoms with E-state index in [1.165, 1.54) is 16.4 Å². The van der Waals surface area contributed by atoms with Gasteiger partial charge in [0.15, 0.2) is 0 Å². The Morgan fingerprint density at radius 3 is 2.65 bits per heavy atom. The number of nitrogens with one attached hydrogen (secondary N) is 2. The number of carbonyl (C=O) groups excluding carboxylic acids is 1. The molecule has 3 aromatic rings. The van der Waals surface area contributed by atoms with Crippen LogP contribution in [0.2, 0.25) is 0 Å². The van der Waals surface area contributed by atoms with Crippen LogP contribution < -0.4 is 15.4 Å². The zero-order valence-corrected chi connectivity index (χ0v) is 19.5. The molecule has 11 heteroatoms. The van der Waals surface area contributed by atoms with Gasteiger partial charge in [-0.2, -0.15) is 4.31 Å². The van der Waals surface area contributed by atoms with E-state index in [4.69, 9.17) is 13.9 Å². The van der Waals surface area contributed by atoms with Crippen molar-refractivity contribution in [1.29, 1.82) is 0 Å². The highest BCUT2D eigenvalue weighted by Gasteiger charge is 2.26. The number of oxazole rings is 1. The van der Waals surface area contributed by atoms with Crippen LogP contribution in [0.15, 0.2) is 64.1 Å². The first-order chi connectivity index (χ1) is 16.5. The number of hydrogen-bond donors (Lipinski definition) is 2. The van der Waals surface area contributed by atoms with Gasteiger partial charge in [0.05, 0.1) is 30.9 Å². The lowest BCUT2D eigenvalue weighted by atomic mass is 10.2. The molecule has 34 heavy (non-hydrogen) atoms. The number of carbonyl (C=O) groups is 1. The van der Waals surface area contributed by atoms with Crippen LogP contribution in [-0.2, 0) is 21.2 Å². The largest absolute Gasteiger partial charge is 0.497 e. The number of sulfonamides is 1. The number of morpholine rings is 1. The van der Waals surface area contributed by atoms with Crippen molar-refractivity contribution in [3.8, 4) is 17.2 Å². The fraction of sp³-hybridized carbons (Fsp3) is 0.304. The van der Waals surface area contributed by atoms with E-state index in [0.717, 1.165) is 11.3 Å². The summed E-state index contributed by atoms with van der Waals surface area (Å²) in [5, 5.41) is 5.41. The summed E-state index contributed by atoms with van der Waals surface area (Å²) in [5.74, 6) is 1.23. The molecule has 1 aliphatic heterocycles. The summed E-state index contributed by atoms with van der Waals surface area (Å²) in [6, 6.07) is 13.1. The van der Waals surface area contributed by atoms with E-state index in [1.54, 1.807) is 25.5 Å². The third kappa shape index (κ3) is 5.74. The Labute approximate surface area is 197 Å². The maximum Gasteiger partial charge on any atom is 0.319 e. The number of rotatable bonds is 8. The van der Waals surface area contributed by atoms with E-state index in [1.807, 2.05) is 24.3 Å². The molecule has 1 aliphatic rings. The van der Waals surface area contributed by atoms with Gasteiger partial charge in [-0.15, -0.1) is 0 Å². The maximum atomic E-state index is 12.8. The zero-order valence-electron chi connectivity index (χ0n) is 18.7. The van der Waals surface area contributed by atoms with Crippen LogP contribution in [0.25, 0.3) is 11.5 Å². The quantitative estimate of drug-likeness (QED) is 0.502. The van der Waals surface area contributed by atoms with E-state index in [-0.39, 0.29) is 4.90 Å². The highest BCUT2D eigenvalue weighted by molar-refractivity contribution is 7.89. The Morgan fingerprint density at radius 1 is 1.15 bits per heavy atom. The van der Waals surface area contributed by atoms with Gasteiger partial charge >= 0.3 is 6.03 Å². The molecule has 0 atom stereocenters. The molecule has 1 saturated heterocycles. The maximum absolute atomic E-state index is 12.8. The number of anilines is 1. The first-order valence-corrected chi connectivity index (χ1v) is 12.2. The molecular formula is C23H26N4O6S. The van der Waals surface area contributed by atoms with E-state index >= 15 is 0 Å². The summed E-state index contributed by atoms with van der Waals surface area (Å²) < 4.78 is 42.9. The summed E-state index contributed by atoms with van der Waals surface area (Å²) in [6.07, 6.45) is 2.03. The number of methoxy groups -OCH3 is 1. The fourth-order valence-electron chi connectivity index (χ4n) is 3.44. The monoisotopic (exact) mass is 486 g/mol. The Kier molecular flexibility index (Phi) is 7.46. The molecule has 10 nitrogen and oxygen atoms in total. The molecular weight excluding hydrogens is 460 g/mol. The van der Waals surface area contributed by atoms with Gasteiger partial charge < -0.3 is 24.5 Å². The topological polar surface area (TPSA) is 123 Å².